The molecule has 4 heteroatoms. The summed E-state index contributed by atoms with van der Waals surface area (Å²) < 4.78 is 0. The van der Waals surface area contributed by atoms with Crippen LogP contribution in [0.2, 0.25) is 0 Å². The van der Waals surface area contributed by atoms with E-state index in [4.69, 9.17) is 22.9 Å². The van der Waals surface area contributed by atoms with Crippen LogP contribution < -0.4 is 22.9 Å². The summed E-state index contributed by atoms with van der Waals surface area (Å²) >= 11 is 0. The van der Waals surface area contributed by atoms with Gasteiger partial charge in [-0.1, -0.05) is 19.3 Å². The summed E-state index contributed by atoms with van der Waals surface area (Å²) in [6, 6.07) is 0.341. The Morgan fingerprint density at radius 3 is 1.68 bits per heavy atom. The van der Waals surface area contributed by atoms with Crippen LogP contribution in [-0.4, -0.2) is 17.2 Å². The van der Waals surface area contributed by atoms with Crippen LogP contribution in [0, 0.1) is 11.8 Å². The molecule has 0 aliphatic heterocycles. The van der Waals surface area contributed by atoms with Gasteiger partial charge in [0, 0.05) is 6.04 Å². The van der Waals surface area contributed by atoms with Gasteiger partial charge in [0.05, 0.1) is 11.2 Å². The molecule has 0 saturated heterocycles. The van der Waals surface area contributed by atoms with Gasteiger partial charge in [0.25, 0.3) is 0 Å². The van der Waals surface area contributed by atoms with Crippen LogP contribution in [-0.2, 0) is 0 Å². The van der Waals surface area contributed by atoms with Crippen molar-refractivity contribution in [3.05, 3.63) is 0 Å². The van der Waals surface area contributed by atoms with Gasteiger partial charge in [-0.2, -0.15) is 0 Å². The Kier molecular flexibility index (Phi) is 4.56. The number of nitrogens with two attached hydrogens (primary N) is 4. The molecule has 1 atom stereocenters. The van der Waals surface area contributed by atoms with Crippen molar-refractivity contribution in [1.82, 2.24) is 0 Å². The first kappa shape index (κ1) is 15.2. The van der Waals surface area contributed by atoms with E-state index < -0.39 is 11.2 Å². The second kappa shape index (κ2) is 5.68. The summed E-state index contributed by atoms with van der Waals surface area (Å²) in [6.45, 7) is 1.91. The minimum Gasteiger partial charge on any atom is -0.328 e. The maximum absolute atomic E-state index is 6.88. The highest BCUT2D eigenvalue weighted by Gasteiger charge is 2.51. The highest BCUT2D eigenvalue weighted by atomic mass is 15.1. The maximum Gasteiger partial charge on any atom is 0.0798 e. The second-order valence-corrected chi connectivity index (χ2v) is 7.16. The molecular formula is C15H32N4. The molecule has 1 unspecified atom stereocenters. The van der Waals surface area contributed by atoms with Crippen molar-refractivity contribution in [1.29, 1.82) is 0 Å². The fraction of sp³-hybridized carbons (Fsp3) is 1.00. The molecule has 2 rings (SSSR count). The minimum atomic E-state index is -0.804. The second-order valence-electron chi connectivity index (χ2n) is 7.16. The molecule has 8 N–H and O–H groups in total. The zero-order valence-electron chi connectivity index (χ0n) is 12.4. The van der Waals surface area contributed by atoms with Gasteiger partial charge in [0.15, 0.2) is 0 Å². The van der Waals surface area contributed by atoms with Gasteiger partial charge in [-0.15, -0.1) is 0 Å². The summed E-state index contributed by atoms with van der Waals surface area (Å²) in [5.41, 5.74) is 24.3. The Hall–Kier alpha value is -0.160. The van der Waals surface area contributed by atoms with Crippen LogP contribution in [0.25, 0.3) is 0 Å². The molecule has 0 spiro atoms. The summed E-state index contributed by atoms with van der Waals surface area (Å²) in [5.74, 6) is 0.899. The normalized spacial score (nSPS) is 33.9. The largest absolute Gasteiger partial charge is 0.328 e. The Morgan fingerprint density at radius 2 is 1.21 bits per heavy atom. The fourth-order valence-electron chi connectivity index (χ4n) is 4.39. The van der Waals surface area contributed by atoms with Crippen molar-refractivity contribution in [2.24, 2.45) is 34.8 Å². The molecular weight excluding hydrogens is 236 g/mol. The van der Waals surface area contributed by atoms with Gasteiger partial charge < -0.3 is 22.9 Å². The average Bonchev–Trinajstić information content (AvgIpc) is 2.38. The molecule has 0 radical (unpaired) electrons. The lowest BCUT2D eigenvalue weighted by Gasteiger charge is -2.54. The molecule has 19 heavy (non-hydrogen) atoms. The first-order valence-corrected chi connectivity index (χ1v) is 7.98. The van der Waals surface area contributed by atoms with Crippen molar-refractivity contribution in [2.75, 3.05) is 0 Å². The van der Waals surface area contributed by atoms with Crippen LogP contribution >= 0.6 is 0 Å². The van der Waals surface area contributed by atoms with Crippen molar-refractivity contribution in [3.63, 3.8) is 0 Å². The number of hydrogen-bond donors (Lipinski definition) is 4. The molecule has 2 fully saturated rings. The van der Waals surface area contributed by atoms with Crippen molar-refractivity contribution in [3.8, 4) is 0 Å². The molecule has 4 nitrogen and oxygen atoms in total. The van der Waals surface area contributed by atoms with E-state index in [1.54, 1.807) is 0 Å². The lowest BCUT2D eigenvalue weighted by atomic mass is 9.59. The Morgan fingerprint density at radius 1 is 0.737 bits per heavy atom. The van der Waals surface area contributed by atoms with Crippen LogP contribution in [0.3, 0.4) is 0 Å². The van der Waals surface area contributed by atoms with E-state index in [1.807, 2.05) is 6.92 Å². The van der Waals surface area contributed by atoms with Crippen LogP contribution in [0.4, 0.5) is 0 Å². The highest BCUT2D eigenvalue weighted by Crippen LogP contribution is 2.44. The van der Waals surface area contributed by atoms with Gasteiger partial charge >= 0.3 is 0 Å². The zero-order chi connectivity index (χ0) is 14.1. The van der Waals surface area contributed by atoms with Crippen LogP contribution in [0.5, 0.6) is 0 Å². The Balaban J connectivity index is 2.19. The molecule has 2 aliphatic carbocycles. The van der Waals surface area contributed by atoms with E-state index in [2.05, 4.69) is 0 Å². The minimum absolute atomic E-state index is 0.341. The average molecular weight is 268 g/mol. The molecule has 112 valence electrons. The third-order valence-electron chi connectivity index (χ3n) is 5.66. The maximum atomic E-state index is 6.88. The quantitative estimate of drug-likeness (QED) is 0.581. The van der Waals surface area contributed by atoms with Crippen molar-refractivity contribution in [2.45, 2.75) is 82.0 Å². The number of rotatable bonds is 3. The van der Waals surface area contributed by atoms with Crippen LogP contribution in [0.1, 0.15) is 64.7 Å². The third-order valence-corrected chi connectivity index (χ3v) is 5.66. The predicted octanol–water partition coefficient (Wildman–Crippen LogP) is 1.42. The molecule has 2 aliphatic rings. The summed E-state index contributed by atoms with van der Waals surface area (Å²) in [7, 11) is 0. The van der Waals surface area contributed by atoms with Gasteiger partial charge in [0.2, 0.25) is 0 Å². The predicted molar refractivity (Wildman–Crippen MR) is 80.2 cm³/mol. The van der Waals surface area contributed by atoms with E-state index in [-0.39, 0.29) is 0 Å². The van der Waals surface area contributed by atoms with E-state index in [9.17, 15) is 0 Å². The first-order valence-electron chi connectivity index (χ1n) is 7.98. The van der Waals surface area contributed by atoms with E-state index in [0.717, 1.165) is 25.7 Å². The van der Waals surface area contributed by atoms with Crippen molar-refractivity contribution >= 4 is 0 Å². The highest BCUT2D eigenvalue weighted by molar-refractivity contribution is 5.10. The van der Waals surface area contributed by atoms with E-state index in [0.29, 0.717) is 17.9 Å². The lowest BCUT2D eigenvalue weighted by Crippen LogP contribution is -2.76. The van der Waals surface area contributed by atoms with Gasteiger partial charge in [0.1, 0.15) is 0 Å². The fourth-order valence-corrected chi connectivity index (χ4v) is 4.39. The first-order chi connectivity index (χ1) is 8.85. The molecule has 0 amide bonds. The van der Waals surface area contributed by atoms with Crippen molar-refractivity contribution < 1.29 is 0 Å². The molecule has 0 aromatic heterocycles. The monoisotopic (exact) mass is 268 g/mol. The summed E-state index contributed by atoms with van der Waals surface area (Å²) in [4.78, 5) is 0. The molecule has 2 saturated carbocycles. The summed E-state index contributed by atoms with van der Waals surface area (Å²) in [5, 5.41) is 0. The molecule has 0 aromatic carbocycles. The van der Waals surface area contributed by atoms with Gasteiger partial charge in [-0.25, -0.2) is 0 Å². The summed E-state index contributed by atoms with van der Waals surface area (Å²) in [6.07, 6.45) is 10.5. The van der Waals surface area contributed by atoms with Crippen LogP contribution in [0.15, 0.2) is 0 Å². The molecule has 0 aromatic rings. The topological polar surface area (TPSA) is 104 Å². The van der Waals surface area contributed by atoms with Gasteiger partial charge in [-0.3, -0.25) is 0 Å². The molecule has 0 bridgehead atoms. The zero-order valence-corrected chi connectivity index (χ0v) is 12.4. The Labute approximate surface area is 117 Å². The third kappa shape index (κ3) is 2.97. The smallest absolute Gasteiger partial charge is 0.0798 e. The van der Waals surface area contributed by atoms with E-state index in [1.165, 1.54) is 32.1 Å². The lowest BCUT2D eigenvalue weighted by molar-refractivity contribution is 0.0388. The standard InChI is InChI=1S/C15H32N4/c1-14(17,18)15(19,11-5-3-2-4-6-11)12-7-9-13(16)10-8-12/h11-13H,2-10,16-19H2,1H3. The van der Waals surface area contributed by atoms with E-state index >= 15 is 0 Å². The Bertz CT molecular complexity index is 285. The number of hydrogen-bond acceptors (Lipinski definition) is 4. The molecule has 0 heterocycles. The SMILES string of the molecule is CC(N)(N)C(N)(C1CCCCC1)C1CCC(N)CC1. The van der Waals surface area contributed by atoms with Gasteiger partial charge in [-0.05, 0) is 57.3 Å².